The predicted octanol–water partition coefficient (Wildman–Crippen LogP) is 2.58. The number of benzene rings is 2. The molecule has 0 unspecified atom stereocenters. The fraction of sp³-hybridized carbons (Fsp3) is 0.227. The maximum Gasteiger partial charge on any atom is 0.296 e. The predicted molar refractivity (Wildman–Crippen MR) is 118 cm³/mol. The van der Waals surface area contributed by atoms with Crippen molar-refractivity contribution in [3.05, 3.63) is 69.6 Å². The fourth-order valence-corrected chi connectivity index (χ4v) is 4.27. The Morgan fingerprint density at radius 1 is 1.10 bits per heavy atom. The number of carbonyl (C=O) groups is 1. The molecule has 2 aromatic carbocycles. The van der Waals surface area contributed by atoms with Gasteiger partial charge in [0.1, 0.15) is 5.52 Å². The Hall–Kier alpha value is -3.16. The monoisotopic (exact) mass is 421 g/mol. The van der Waals surface area contributed by atoms with E-state index in [2.05, 4.69) is 10.4 Å². The fourth-order valence-electron chi connectivity index (χ4n) is 4.11. The lowest BCUT2D eigenvalue weighted by molar-refractivity contribution is 0.0730. The van der Waals surface area contributed by atoms with Gasteiger partial charge in [-0.25, -0.2) is 0 Å². The van der Waals surface area contributed by atoms with Gasteiger partial charge in [0.2, 0.25) is 0 Å². The van der Waals surface area contributed by atoms with Crippen molar-refractivity contribution in [3.63, 3.8) is 0 Å². The van der Waals surface area contributed by atoms with Crippen molar-refractivity contribution in [1.29, 1.82) is 0 Å². The molecule has 1 aliphatic heterocycles. The third-order valence-electron chi connectivity index (χ3n) is 5.60. The van der Waals surface area contributed by atoms with E-state index in [1.807, 2.05) is 37.4 Å². The molecule has 0 saturated carbocycles. The molecule has 0 radical (unpaired) electrons. The molecule has 1 aliphatic rings. The Morgan fingerprint density at radius 2 is 1.83 bits per heavy atom. The number of para-hydroxylation sites is 1. The molecule has 0 aliphatic carbocycles. The third-order valence-corrected chi connectivity index (χ3v) is 5.84. The van der Waals surface area contributed by atoms with Crippen molar-refractivity contribution in [2.24, 2.45) is 7.05 Å². The molecule has 5 rings (SSSR count). The summed E-state index contributed by atoms with van der Waals surface area (Å²) in [5, 5.41) is 9.77. The standard InChI is InChI=1S/C22H20ClN5O2/c1-26-17-13-14(23)7-8-16(17)18-19(21(29)27-11-9-24-10-12-27)25-28(22(30)20(18)26)15-5-3-2-4-6-15/h2-8,13,24H,9-12H2,1H3. The molecule has 0 bridgehead atoms. The molecule has 1 amide bonds. The first-order chi connectivity index (χ1) is 14.6. The number of amides is 1. The molecule has 3 heterocycles. The van der Waals surface area contributed by atoms with E-state index in [9.17, 15) is 9.59 Å². The van der Waals surface area contributed by atoms with Crippen molar-refractivity contribution >= 4 is 39.3 Å². The molecule has 30 heavy (non-hydrogen) atoms. The van der Waals surface area contributed by atoms with Crippen LogP contribution in [0.1, 0.15) is 10.5 Å². The summed E-state index contributed by atoms with van der Waals surface area (Å²) >= 11 is 6.21. The number of halogens is 1. The van der Waals surface area contributed by atoms with Gasteiger partial charge in [0.05, 0.1) is 11.2 Å². The van der Waals surface area contributed by atoms with Gasteiger partial charge in [-0.05, 0) is 24.3 Å². The van der Waals surface area contributed by atoms with Crippen LogP contribution in [0.5, 0.6) is 0 Å². The van der Waals surface area contributed by atoms with Crippen LogP contribution in [-0.4, -0.2) is 51.3 Å². The number of piperazine rings is 1. The molecule has 152 valence electrons. The highest BCUT2D eigenvalue weighted by molar-refractivity contribution is 6.31. The second-order valence-electron chi connectivity index (χ2n) is 7.39. The van der Waals surface area contributed by atoms with Crippen LogP contribution >= 0.6 is 11.6 Å². The summed E-state index contributed by atoms with van der Waals surface area (Å²) in [5.41, 5.74) is 1.84. The van der Waals surface area contributed by atoms with E-state index in [0.29, 0.717) is 34.7 Å². The van der Waals surface area contributed by atoms with Gasteiger partial charge in [0.25, 0.3) is 11.5 Å². The maximum absolute atomic E-state index is 13.5. The summed E-state index contributed by atoms with van der Waals surface area (Å²) in [6.45, 7) is 2.67. The Balaban J connectivity index is 1.87. The van der Waals surface area contributed by atoms with E-state index < -0.39 is 0 Å². The number of rotatable bonds is 2. The van der Waals surface area contributed by atoms with Crippen LogP contribution in [0, 0.1) is 0 Å². The van der Waals surface area contributed by atoms with Crippen LogP contribution < -0.4 is 10.9 Å². The summed E-state index contributed by atoms with van der Waals surface area (Å²) in [5.74, 6) is -0.173. The largest absolute Gasteiger partial charge is 0.339 e. The highest BCUT2D eigenvalue weighted by Gasteiger charge is 2.27. The average Bonchev–Trinajstić information content (AvgIpc) is 3.07. The minimum absolute atomic E-state index is 0.173. The molecule has 1 fully saturated rings. The molecular formula is C22H20ClN5O2. The number of aryl methyl sites for hydroxylation is 1. The lowest BCUT2D eigenvalue weighted by Crippen LogP contribution is -2.47. The lowest BCUT2D eigenvalue weighted by Gasteiger charge is -2.27. The SMILES string of the molecule is Cn1c2cc(Cl)ccc2c2c(C(=O)N3CCNCC3)nn(-c3ccccc3)c(=O)c21. The molecule has 8 heteroatoms. The van der Waals surface area contributed by atoms with Gasteiger partial charge in [0.15, 0.2) is 5.69 Å². The van der Waals surface area contributed by atoms with Crippen molar-refractivity contribution in [1.82, 2.24) is 24.6 Å². The minimum Gasteiger partial charge on any atom is -0.339 e. The van der Waals surface area contributed by atoms with Gasteiger partial charge < -0.3 is 14.8 Å². The van der Waals surface area contributed by atoms with Crippen LogP contribution in [0.4, 0.5) is 0 Å². The van der Waals surface area contributed by atoms with Crippen molar-refractivity contribution in [3.8, 4) is 5.69 Å². The summed E-state index contributed by atoms with van der Waals surface area (Å²) in [4.78, 5) is 28.8. The average molecular weight is 422 g/mol. The summed E-state index contributed by atoms with van der Waals surface area (Å²) in [6.07, 6.45) is 0. The highest BCUT2D eigenvalue weighted by atomic mass is 35.5. The first-order valence-electron chi connectivity index (χ1n) is 9.82. The van der Waals surface area contributed by atoms with Crippen LogP contribution in [0.25, 0.3) is 27.5 Å². The van der Waals surface area contributed by atoms with Gasteiger partial charge in [-0.2, -0.15) is 9.78 Å². The Morgan fingerprint density at radius 3 is 2.57 bits per heavy atom. The van der Waals surface area contributed by atoms with E-state index in [1.165, 1.54) is 4.68 Å². The first-order valence-corrected chi connectivity index (χ1v) is 10.2. The number of hydrogen-bond donors (Lipinski definition) is 1. The Kier molecular flexibility index (Phi) is 4.56. The molecule has 0 spiro atoms. The normalized spacial score (nSPS) is 14.5. The van der Waals surface area contributed by atoms with Gasteiger partial charge >= 0.3 is 0 Å². The lowest BCUT2D eigenvalue weighted by atomic mass is 10.1. The van der Waals surface area contributed by atoms with Crippen LogP contribution in [-0.2, 0) is 7.05 Å². The first kappa shape index (κ1) is 18.8. The second-order valence-corrected chi connectivity index (χ2v) is 7.82. The molecule has 1 N–H and O–H groups in total. The van der Waals surface area contributed by atoms with E-state index in [0.717, 1.165) is 24.0 Å². The highest BCUT2D eigenvalue weighted by Crippen LogP contribution is 2.31. The Labute approximate surface area is 177 Å². The zero-order chi connectivity index (χ0) is 20.8. The zero-order valence-corrected chi connectivity index (χ0v) is 17.2. The van der Waals surface area contributed by atoms with Crippen LogP contribution in [0.2, 0.25) is 5.02 Å². The van der Waals surface area contributed by atoms with Crippen molar-refractivity contribution < 1.29 is 4.79 Å². The molecule has 1 saturated heterocycles. The Bertz CT molecular complexity index is 1340. The topological polar surface area (TPSA) is 72.2 Å². The molecule has 2 aromatic heterocycles. The van der Waals surface area contributed by atoms with E-state index in [-0.39, 0.29) is 17.2 Å². The number of hydrogen-bond acceptors (Lipinski definition) is 4. The van der Waals surface area contributed by atoms with Gasteiger partial charge in [-0.15, -0.1) is 0 Å². The quantitative estimate of drug-likeness (QED) is 0.540. The second kappa shape index (κ2) is 7.27. The molecule has 0 atom stereocenters. The number of carbonyl (C=O) groups excluding carboxylic acids is 1. The van der Waals surface area contributed by atoms with Crippen LogP contribution in [0.3, 0.4) is 0 Å². The van der Waals surface area contributed by atoms with Gasteiger partial charge in [-0.3, -0.25) is 9.59 Å². The number of nitrogens with one attached hydrogen (secondary N) is 1. The minimum atomic E-state index is -0.275. The van der Waals surface area contributed by atoms with E-state index in [4.69, 9.17) is 11.6 Å². The van der Waals surface area contributed by atoms with E-state index >= 15 is 0 Å². The number of fused-ring (bicyclic) bond motifs is 3. The number of nitrogens with zero attached hydrogens (tertiary/aromatic N) is 4. The molecular weight excluding hydrogens is 402 g/mol. The maximum atomic E-state index is 13.5. The van der Waals surface area contributed by atoms with Crippen molar-refractivity contribution in [2.45, 2.75) is 0 Å². The number of aromatic nitrogens is 3. The molecule has 7 nitrogen and oxygen atoms in total. The zero-order valence-electron chi connectivity index (χ0n) is 16.4. The summed E-state index contributed by atoms with van der Waals surface area (Å²) in [6, 6.07) is 14.6. The molecule has 4 aromatic rings. The smallest absolute Gasteiger partial charge is 0.296 e. The van der Waals surface area contributed by atoms with E-state index in [1.54, 1.807) is 27.7 Å². The summed E-state index contributed by atoms with van der Waals surface area (Å²) < 4.78 is 3.12. The van der Waals surface area contributed by atoms with Crippen LogP contribution in [0.15, 0.2) is 53.3 Å². The van der Waals surface area contributed by atoms with Crippen molar-refractivity contribution in [2.75, 3.05) is 26.2 Å². The van der Waals surface area contributed by atoms with Gasteiger partial charge in [-0.1, -0.05) is 35.9 Å². The summed E-state index contributed by atoms with van der Waals surface area (Å²) in [7, 11) is 1.82. The third kappa shape index (κ3) is 2.89. The van der Waals surface area contributed by atoms with Gasteiger partial charge in [0, 0.05) is 49.0 Å².